The Bertz CT molecular complexity index is 701. The van der Waals surface area contributed by atoms with Crippen molar-refractivity contribution in [2.24, 2.45) is 7.05 Å². The summed E-state index contributed by atoms with van der Waals surface area (Å²) in [6.45, 7) is 0.0646. The number of aromatic nitrogens is 2. The van der Waals surface area contributed by atoms with Gasteiger partial charge in [0.25, 0.3) is 0 Å². The zero-order valence-electron chi connectivity index (χ0n) is 10.9. The predicted octanol–water partition coefficient (Wildman–Crippen LogP) is 2.66. The minimum Gasteiger partial charge on any atom is -0.392 e. The van der Waals surface area contributed by atoms with E-state index >= 15 is 0 Å². The van der Waals surface area contributed by atoms with Gasteiger partial charge in [-0.1, -0.05) is 36.4 Å². The van der Waals surface area contributed by atoms with Crippen LogP contribution in [0.5, 0.6) is 0 Å². The quantitative estimate of drug-likeness (QED) is 0.778. The topological polar surface area (TPSA) is 38.0 Å². The van der Waals surface area contributed by atoms with Crippen molar-refractivity contribution in [3.63, 3.8) is 0 Å². The number of rotatable bonds is 3. The molecule has 0 spiro atoms. The average molecular weight is 252 g/mol. The second kappa shape index (κ2) is 4.86. The standard InChI is InChI=1S/C16H16N2O/c1-18-15-9-13(11-19)7-8-14(15)17-16(18)10-12-5-3-2-4-6-12/h2-9,19H,10-11H2,1H3. The van der Waals surface area contributed by atoms with Gasteiger partial charge in [-0.3, -0.25) is 0 Å². The first-order valence-electron chi connectivity index (χ1n) is 6.37. The maximum Gasteiger partial charge on any atom is 0.114 e. The number of fused-ring (bicyclic) bond motifs is 1. The van der Waals surface area contributed by atoms with Crippen molar-refractivity contribution >= 4 is 11.0 Å². The molecule has 0 bridgehead atoms. The van der Waals surface area contributed by atoms with Crippen LogP contribution in [0.2, 0.25) is 0 Å². The fraction of sp³-hybridized carbons (Fsp3) is 0.188. The molecule has 1 heterocycles. The van der Waals surface area contributed by atoms with E-state index in [1.807, 2.05) is 43.4 Å². The van der Waals surface area contributed by atoms with Gasteiger partial charge >= 0.3 is 0 Å². The van der Waals surface area contributed by atoms with Crippen LogP contribution in [0.15, 0.2) is 48.5 Å². The molecule has 19 heavy (non-hydrogen) atoms. The molecular formula is C16H16N2O. The average Bonchev–Trinajstić information content (AvgIpc) is 2.76. The van der Waals surface area contributed by atoms with Crippen LogP contribution in [0.25, 0.3) is 11.0 Å². The summed E-state index contributed by atoms with van der Waals surface area (Å²) < 4.78 is 2.10. The fourth-order valence-corrected chi connectivity index (χ4v) is 2.32. The molecule has 0 saturated heterocycles. The Labute approximate surface area is 112 Å². The van der Waals surface area contributed by atoms with E-state index in [2.05, 4.69) is 21.7 Å². The van der Waals surface area contributed by atoms with E-state index in [0.29, 0.717) is 0 Å². The summed E-state index contributed by atoms with van der Waals surface area (Å²) in [6.07, 6.45) is 0.820. The lowest BCUT2D eigenvalue weighted by atomic mass is 10.1. The largest absolute Gasteiger partial charge is 0.392 e. The molecule has 0 aliphatic rings. The lowest BCUT2D eigenvalue weighted by Crippen LogP contribution is -1.99. The minimum atomic E-state index is 0.0646. The van der Waals surface area contributed by atoms with Crippen molar-refractivity contribution < 1.29 is 5.11 Å². The molecule has 0 radical (unpaired) electrons. The summed E-state index contributed by atoms with van der Waals surface area (Å²) >= 11 is 0. The van der Waals surface area contributed by atoms with Crippen LogP contribution < -0.4 is 0 Å². The van der Waals surface area contributed by atoms with Gasteiger partial charge in [0.2, 0.25) is 0 Å². The number of aryl methyl sites for hydroxylation is 1. The highest BCUT2D eigenvalue weighted by Gasteiger charge is 2.08. The van der Waals surface area contributed by atoms with Crippen LogP contribution in [-0.4, -0.2) is 14.7 Å². The summed E-state index contributed by atoms with van der Waals surface area (Å²) in [7, 11) is 2.02. The van der Waals surface area contributed by atoms with E-state index in [0.717, 1.165) is 28.8 Å². The summed E-state index contributed by atoms with van der Waals surface area (Å²) in [5.41, 5.74) is 4.22. The van der Waals surface area contributed by atoms with Gasteiger partial charge < -0.3 is 9.67 Å². The Kier molecular flexibility index (Phi) is 3.05. The number of hydrogen-bond acceptors (Lipinski definition) is 2. The highest BCUT2D eigenvalue weighted by Crippen LogP contribution is 2.19. The smallest absolute Gasteiger partial charge is 0.114 e. The van der Waals surface area contributed by atoms with E-state index < -0.39 is 0 Å². The van der Waals surface area contributed by atoms with Crippen molar-refractivity contribution in [1.82, 2.24) is 9.55 Å². The maximum absolute atomic E-state index is 9.20. The number of benzene rings is 2. The molecule has 3 rings (SSSR count). The van der Waals surface area contributed by atoms with Gasteiger partial charge in [0.15, 0.2) is 0 Å². The van der Waals surface area contributed by atoms with E-state index in [4.69, 9.17) is 0 Å². The summed E-state index contributed by atoms with van der Waals surface area (Å²) in [4.78, 5) is 4.66. The molecule has 0 saturated carbocycles. The van der Waals surface area contributed by atoms with Crippen molar-refractivity contribution in [3.8, 4) is 0 Å². The Morgan fingerprint density at radius 1 is 1.05 bits per heavy atom. The normalized spacial score (nSPS) is 11.1. The molecular weight excluding hydrogens is 236 g/mol. The van der Waals surface area contributed by atoms with E-state index in [1.165, 1.54) is 5.56 Å². The van der Waals surface area contributed by atoms with Crippen molar-refractivity contribution in [3.05, 3.63) is 65.5 Å². The van der Waals surface area contributed by atoms with Gasteiger partial charge in [-0.2, -0.15) is 0 Å². The Hall–Kier alpha value is -2.13. The maximum atomic E-state index is 9.20. The van der Waals surface area contributed by atoms with E-state index in [-0.39, 0.29) is 6.61 Å². The van der Waals surface area contributed by atoms with Gasteiger partial charge in [-0.25, -0.2) is 4.98 Å². The molecule has 3 nitrogen and oxygen atoms in total. The van der Waals surface area contributed by atoms with Gasteiger partial charge in [-0.15, -0.1) is 0 Å². The Morgan fingerprint density at radius 3 is 2.58 bits per heavy atom. The van der Waals surface area contributed by atoms with Gasteiger partial charge in [0, 0.05) is 13.5 Å². The molecule has 0 aliphatic heterocycles. The Balaban J connectivity index is 2.03. The molecule has 0 fully saturated rings. The lowest BCUT2D eigenvalue weighted by Gasteiger charge is -2.03. The summed E-state index contributed by atoms with van der Waals surface area (Å²) in [5, 5.41) is 9.20. The second-order valence-electron chi connectivity index (χ2n) is 4.73. The molecule has 96 valence electrons. The van der Waals surface area contributed by atoms with E-state index in [9.17, 15) is 5.11 Å². The predicted molar refractivity (Wildman–Crippen MR) is 75.9 cm³/mol. The first kappa shape index (κ1) is 11.9. The SMILES string of the molecule is Cn1c(Cc2ccccc2)nc2ccc(CO)cc21. The molecule has 0 atom stereocenters. The number of hydrogen-bond donors (Lipinski definition) is 1. The number of aliphatic hydroxyl groups excluding tert-OH is 1. The molecule has 3 aromatic rings. The lowest BCUT2D eigenvalue weighted by molar-refractivity contribution is 0.282. The third-order valence-corrected chi connectivity index (χ3v) is 3.43. The molecule has 0 amide bonds. The monoisotopic (exact) mass is 252 g/mol. The van der Waals surface area contributed by atoms with Crippen LogP contribution >= 0.6 is 0 Å². The molecule has 1 N–H and O–H groups in total. The zero-order valence-corrected chi connectivity index (χ0v) is 10.9. The minimum absolute atomic E-state index is 0.0646. The summed E-state index contributed by atoms with van der Waals surface area (Å²) in [6, 6.07) is 16.2. The molecule has 1 aromatic heterocycles. The van der Waals surface area contributed by atoms with Gasteiger partial charge in [0.05, 0.1) is 17.6 Å². The third-order valence-electron chi connectivity index (χ3n) is 3.43. The van der Waals surface area contributed by atoms with Crippen LogP contribution in [0.3, 0.4) is 0 Å². The zero-order chi connectivity index (χ0) is 13.2. The fourth-order valence-electron chi connectivity index (χ4n) is 2.32. The number of nitrogens with zero attached hydrogens (tertiary/aromatic N) is 2. The van der Waals surface area contributed by atoms with Crippen molar-refractivity contribution in [2.45, 2.75) is 13.0 Å². The highest BCUT2D eigenvalue weighted by molar-refractivity contribution is 5.76. The van der Waals surface area contributed by atoms with Gasteiger partial charge in [-0.05, 0) is 23.3 Å². The first-order valence-corrected chi connectivity index (χ1v) is 6.37. The van der Waals surface area contributed by atoms with Crippen molar-refractivity contribution in [1.29, 1.82) is 0 Å². The molecule has 0 unspecified atom stereocenters. The van der Waals surface area contributed by atoms with Crippen LogP contribution in [0.4, 0.5) is 0 Å². The van der Waals surface area contributed by atoms with E-state index in [1.54, 1.807) is 0 Å². The van der Waals surface area contributed by atoms with Crippen LogP contribution in [0.1, 0.15) is 17.0 Å². The summed E-state index contributed by atoms with van der Waals surface area (Å²) in [5.74, 6) is 1.04. The third kappa shape index (κ3) is 2.25. The molecule has 0 aliphatic carbocycles. The number of aliphatic hydroxyl groups is 1. The van der Waals surface area contributed by atoms with Crippen molar-refractivity contribution in [2.75, 3.05) is 0 Å². The highest BCUT2D eigenvalue weighted by atomic mass is 16.3. The second-order valence-corrected chi connectivity index (χ2v) is 4.73. The van der Waals surface area contributed by atoms with Crippen LogP contribution in [0, 0.1) is 0 Å². The first-order chi connectivity index (χ1) is 9.28. The molecule has 3 heteroatoms. The number of imidazole rings is 1. The van der Waals surface area contributed by atoms with Crippen LogP contribution in [-0.2, 0) is 20.1 Å². The Morgan fingerprint density at radius 2 is 1.84 bits per heavy atom. The van der Waals surface area contributed by atoms with Gasteiger partial charge in [0.1, 0.15) is 5.82 Å². The molecule has 2 aromatic carbocycles.